The highest BCUT2D eigenvalue weighted by Gasteiger charge is 2.08. The minimum absolute atomic E-state index is 0.0763. The molecule has 124 valence electrons. The number of nitrogens with one attached hydrogen (secondary N) is 2. The van der Waals surface area contributed by atoms with Crippen LogP contribution in [0.3, 0.4) is 0 Å². The van der Waals surface area contributed by atoms with Crippen LogP contribution in [0.5, 0.6) is 0 Å². The van der Waals surface area contributed by atoms with E-state index in [1.807, 2.05) is 37.2 Å². The van der Waals surface area contributed by atoms with E-state index in [0.29, 0.717) is 5.69 Å². The topological polar surface area (TPSA) is 91.4 Å². The number of hydrogen-bond donors (Lipinski definition) is 2. The summed E-state index contributed by atoms with van der Waals surface area (Å²) >= 11 is 0. The first-order valence-electron chi connectivity index (χ1n) is 7.05. The molecule has 0 spiro atoms. The highest BCUT2D eigenvalue weighted by molar-refractivity contribution is 7.90. The molecule has 0 bridgehead atoms. The molecule has 2 N–H and O–H groups in total. The van der Waals surface area contributed by atoms with Gasteiger partial charge in [-0.1, -0.05) is 0 Å². The Morgan fingerprint density at radius 1 is 1.26 bits per heavy atom. The Bertz CT molecular complexity index is 819. The van der Waals surface area contributed by atoms with Gasteiger partial charge in [0, 0.05) is 44.2 Å². The SMILES string of the molecule is CN(C)c1nccc2cc(NC(=O)NCCS(C)(=O)=O)ccc12. The Morgan fingerprint density at radius 3 is 2.65 bits per heavy atom. The van der Waals surface area contributed by atoms with Crippen LogP contribution in [0.2, 0.25) is 0 Å². The van der Waals surface area contributed by atoms with Gasteiger partial charge in [0.1, 0.15) is 15.7 Å². The summed E-state index contributed by atoms with van der Waals surface area (Å²) in [6, 6.07) is 6.96. The fourth-order valence-corrected chi connectivity index (χ4v) is 2.59. The Labute approximate surface area is 135 Å². The minimum atomic E-state index is -3.09. The molecule has 0 aliphatic heterocycles. The van der Waals surface area contributed by atoms with E-state index >= 15 is 0 Å². The molecule has 23 heavy (non-hydrogen) atoms. The van der Waals surface area contributed by atoms with Crippen LogP contribution in [0.25, 0.3) is 10.8 Å². The quantitative estimate of drug-likeness (QED) is 0.863. The lowest BCUT2D eigenvalue weighted by Gasteiger charge is -2.14. The molecule has 0 aliphatic rings. The van der Waals surface area contributed by atoms with Crippen LogP contribution in [-0.4, -0.2) is 52.1 Å². The number of carbonyl (C=O) groups excluding carboxylic acids is 1. The van der Waals surface area contributed by atoms with E-state index in [1.54, 1.807) is 12.3 Å². The third-order valence-corrected chi connectivity index (χ3v) is 4.13. The Balaban J connectivity index is 2.08. The second-order valence-electron chi connectivity index (χ2n) is 5.48. The van der Waals surface area contributed by atoms with Crippen molar-refractivity contribution in [3.05, 3.63) is 30.5 Å². The molecule has 8 heteroatoms. The molecular formula is C15H20N4O3S. The van der Waals surface area contributed by atoms with Gasteiger partial charge in [0.25, 0.3) is 0 Å². The molecule has 0 fully saturated rings. The summed E-state index contributed by atoms with van der Waals surface area (Å²) in [5.41, 5.74) is 0.630. The first-order valence-corrected chi connectivity index (χ1v) is 9.11. The van der Waals surface area contributed by atoms with Crippen LogP contribution < -0.4 is 15.5 Å². The number of carbonyl (C=O) groups is 1. The number of anilines is 2. The zero-order valence-corrected chi connectivity index (χ0v) is 14.1. The maximum absolute atomic E-state index is 11.8. The van der Waals surface area contributed by atoms with E-state index in [4.69, 9.17) is 0 Å². The number of amides is 2. The first kappa shape index (κ1) is 17.0. The maximum Gasteiger partial charge on any atom is 0.319 e. The molecule has 0 radical (unpaired) electrons. The molecule has 0 unspecified atom stereocenters. The second kappa shape index (κ2) is 6.82. The molecular weight excluding hydrogens is 316 g/mol. The van der Waals surface area contributed by atoms with Crippen molar-refractivity contribution in [3.63, 3.8) is 0 Å². The zero-order valence-electron chi connectivity index (χ0n) is 13.3. The molecule has 0 saturated heterocycles. The van der Waals surface area contributed by atoms with Gasteiger partial charge in [0.05, 0.1) is 5.75 Å². The summed E-state index contributed by atoms with van der Waals surface area (Å²) in [6.45, 7) is 0.0763. The van der Waals surface area contributed by atoms with Crippen LogP contribution in [0.4, 0.5) is 16.3 Å². The third-order valence-electron chi connectivity index (χ3n) is 3.18. The Morgan fingerprint density at radius 2 is 2.00 bits per heavy atom. The minimum Gasteiger partial charge on any atom is -0.362 e. The number of fused-ring (bicyclic) bond motifs is 1. The lowest BCUT2D eigenvalue weighted by molar-refractivity contribution is 0.252. The van der Waals surface area contributed by atoms with Crippen molar-refractivity contribution in [2.75, 3.05) is 42.9 Å². The number of rotatable bonds is 5. The zero-order chi connectivity index (χ0) is 17.0. The molecule has 0 aliphatic carbocycles. The predicted octanol–water partition coefficient (Wildman–Crippen LogP) is 1.47. The largest absolute Gasteiger partial charge is 0.362 e. The van der Waals surface area contributed by atoms with Crippen molar-refractivity contribution in [2.45, 2.75) is 0 Å². The van der Waals surface area contributed by atoms with Crippen molar-refractivity contribution in [1.82, 2.24) is 10.3 Å². The van der Waals surface area contributed by atoms with E-state index < -0.39 is 15.9 Å². The third kappa shape index (κ3) is 4.82. The maximum atomic E-state index is 11.8. The van der Waals surface area contributed by atoms with Crippen molar-refractivity contribution in [1.29, 1.82) is 0 Å². The Kier molecular flexibility index (Phi) is 5.05. The smallest absolute Gasteiger partial charge is 0.319 e. The van der Waals surface area contributed by atoms with Gasteiger partial charge < -0.3 is 15.5 Å². The number of nitrogens with zero attached hydrogens (tertiary/aromatic N) is 2. The number of pyridine rings is 1. The summed E-state index contributed by atoms with van der Waals surface area (Å²) in [7, 11) is 0.751. The average molecular weight is 336 g/mol. The van der Waals surface area contributed by atoms with Crippen LogP contribution in [0.1, 0.15) is 0 Å². The number of aromatic nitrogens is 1. The van der Waals surface area contributed by atoms with Gasteiger partial charge in [-0.3, -0.25) is 0 Å². The first-order chi connectivity index (χ1) is 10.8. The normalized spacial score (nSPS) is 11.3. The van der Waals surface area contributed by atoms with Gasteiger partial charge in [-0.25, -0.2) is 18.2 Å². The summed E-state index contributed by atoms with van der Waals surface area (Å²) < 4.78 is 22.0. The molecule has 1 aromatic heterocycles. The van der Waals surface area contributed by atoms with Gasteiger partial charge in [-0.15, -0.1) is 0 Å². The van der Waals surface area contributed by atoms with Gasteiger partial charge in [-0.05, 0) is 29.7 Å². The molecule has 2 amide bonds. The molecule has 0 atom stereocenters. The van der Waals surface area contributed by atoms with E-state index in [0.717, 1.165) is 22.8 Å². The summed E-state index contributed by atoms with van der Waals surface area (Å²) in [6.07, 6.45) is 2.85. The number of benzene rings is 1. The fraction of sp³-hybridized carbons (Fsp3) is 0.333. The molecule has 1 aromatic carbocycles. The van der Waals surface area contributed by atoms with Crippen LogP contribution >= 0.6 is 0 Å². The standard InChI is InChI=1S/C15H20N4O3S/c1-19(2)14-13-5-4-12(10-11(13)6-7-16-14)18-15(20)17-8-9-23(3,21)22/h4-7,10H,8-9H2,1-3H3,(H2,17,18,20). The van der Waals surface area contributed by atoms with Crippen LogP contribution in [0.15, 0.2) is 30.5 Å². The van der Waals surface area contributed by atoms with Crippen LogP contribution in [0, 0.1) is 0 Å². The van der Waals surface area contributed by atoms with Gasteiger partial charge in [0.2, 0.25) is 0 Å². The van der Waals surface area contributed by atoms with Crippen molar-refractivity contribution in [2.24, 2.45) is 0 Å². The van der Waals surface area contributed by atoms with Gasteiger partial charge in [0.15, 0.2) is 0 Å². The molecule has 7 nitrogen and oxygen atoms in total. The van der Waals surface area contributed by atoms with E-state index in [2.05, 4.69) is 15.6 Å². The summed E-state index contributed by atoms with van der Waals surface area (Å²) in [5, 5.41) is 7.15. The lowest BCUT2D eigenvalue weighted by Crippen LogP contribution is -2.32. The van der Waals surface area contributed by atoms with Crippen LogP contribution in [-0.2, 0) is 9.84 Å². The van der Waals surface area contributed by atoms with Crippen molar-refractivity contribution >= 4 is 38.1 Å². The highest BCUT2D eigenvalue weighted by atomic mass is 32.2. The molecule has 2 rings (SSSR count). The number of sulfone groups is 1. The van der Waals surface area contributed by atoms with Gasteiger partial charge in [-0.2, -0.15) is 0 Å². The average Bonchev–Trinajstić information content (AvgIpc) is 2.44. The van der Waals surface area contributed by atoms with E-state index in [1.165, 1.54) is 0 Å². The van der Waals surface area contributed by atoms with Gasteiger partial charge >= 0.3 is 6.03 Å². The lowest BCUT2D eigenvalue weighted by atomic mass is 10.1. The van der Waals surface area contributed by atoms with Crippen molar-refractivity contribution < 1.29 is 13.2 Å². The highest BCUT2D eigenvalue weighted by Crippen LogP contribution is 2.25. The number of urea groups is 1. The monoisotopic (exact) mass is 336 g/mol. The molecule has 0 saturated carbocycles. The number of hydrogen-bond acceptors (Lipinski definition) is 5. The molecule has 2 aromatic rings. The van der Waals surface area contributed by atoms with E-state index in [-0.39, 0.29) is 12.3 Å². The second-order valence-corrected chi connectivity index (χ2v) is 7.74. The summed E-state index contributed by atoms with van der Waals surface area (Å²) in [5.74, 6) is 0.766. The molecule has 1 heterocycles. The summed E-state index contributed by atoms with van der Waals surface area (Å²) in [4.78, 5) is 18.0. The van der Waals surface area contributed by atoms with E-state index in [9.17, 15) is 13.2 Å². The fourth-order valence-electron chi connectivity index (χ4n) is 2.12. The van der Waals surface area contributed by atoms with Crippen molar-refractivity contribution in [3.8, 4) is 0 Å². The predicted molar refractivity (Wildman–Crippen MR) is 92.8 cm³/mol. The Hall–Kier alpha value is -2.35.